The van der Waals surface area contributed by atoms with Crippen LogP contribution in [0.2, 0.25) is 0 Å². The van der Waals surface area contributed by atoms with Gasteiger partial charge in [0.15, 0.2) is 0 Å². The van der Waals surface area contributed by atoms with E-state index in [0.29, 0.717) is 11.4 Å². The lowest BCUT2D eigenvalue weighted by atomic mass is 10.3. The number of carbonyl (C=O) groups excluding carboxylic acids is 1. The van der Waals surface area contributed by atoms with Crippen LogP contribution < -0.4 is 0 Å². The van der Waals surface area contributed by atoms with E-state index in [4.69, 9.17) is 0 Å². The summed E-state index contributed by atoms with van der Waals surface area (Å²) in [5, 5.41) is 0.0913. The van der Waals surface area contributed by atoms with Crippen molar-refractivity contribution in [1.29, 1.82) is 0 Å². The van der Waals surface area contributed by atoms with Crippen LogP contribution in [0.25, 0.3) is 11.4 Å². The summed E-state index contributed by atoms with van der Waals surface area (Å²) in [5.74, 6) is -0.826. The Bertz CT molecular complexity index is 565. The van der Waals surface area contributed by atoms with E-state index in [2.05, 4.69) is 19.7 Å². The van der Waals surface area contributed by atoms with Crippen LogP contribution in [0, 0.1) is 0 Å². The van der Waals surface area contributed by atoms with Gasteiger partial charge in [0.05, 0.1) is 18.5 Å². The molecule has 2 aromatic heterocycles. The summed E-state index contributed by atoms with van der Waals surface area (Å²) in [6.07, 6.45) is 3.13. The van der Waals surface area contributed by atoms with Crippen LogP contribution >= 0.6 is 0 Å². The van der Waals surface area contributed by atoms with Gasteiger partial charge in [-0.15, -0.1) is 0 Å². The fourth-order valence-electron chi connectivity index (χ4n) is 1.34. The topological polar surface area (TPSA) is 88.0 Å². The summed E-state index contributed by atoms with van der Waals surface area (Å²) in [5.41, 5.74) is 1.21. The molecule has 0 N–H and O–H groups in total. The lowest BCUT2D eigenvalue weighted by Crippen LogP contribution is -2.19. The van der Waals surface area contributed by atoms with Gasteiger partial charge in [0.1, 0.15) is 0 Å². The molecule has 0 radical (unpaired) electrons. The van der Waals surface area contributed by atoms with Crippen LogP contribution in [-0.2, 0) is 20.7 Å². The third-order valence-electron chi connectivity index (χ3n) is 2.24. The van der Waals surface area contributed by atoms with Gasteiger partial charge in [-0.05, 0) is 18.2 Å². The molecule has 0 aliphatic heterocycles. The van der Waals surface area contributed by atoms with Crippen molar-refractivity contribution in [3.8, 4) is 11.4 Å². The molecule has 0 aliphatic rings. The number of methoxy groups -OCH3 is 1. The van der Waals surface area contributed by atoms with Gasteiger partial charge in [0.25, 0.3) is 0 Å². The average molecular weight is 277 g/mol. The quantitative estimate of drug-likeness (QED) is 0.467. The van der Waals surface area contributed by atoms with Crippen molar-refractivity contribution in [1.82, 2.24) is 15.0 Å². The maximum atomic E-state index is 11.9. The summed E-state index contributed by atoms with van der Waals surface area (Å²) in [7, 11) is 1.24. The molecule has 0 bridgehead atoms. The fraction of sp³-hybridized carbons (Fsp3) is 0.167. The predicted molar refractivity (Wildman–Crippen MR) is 68.6 cm³/mol. The van der Waals surface area contributed by atoms with Crippen LogP contribution in [0.4, 0.5) is 0 Å². The van der Waals surface area contributed by atoms with Crippen LogP contribution in [0.1, 0.15) is 0 Å². The third kappa shape index (κ3) is 3.49. The standard InChI is InChI=1S/C12H11N3O3S/c1-18-11(16)8-19(17)12-14-7-5-10(15-12)9-4-2-3-6-13-9/h2-7H,8H2,1H3. The minimum atomic E-state index is -1.62. The number of rotatable bonds is 4. The second-order valence-corrected chi connectivity index (χ2v) is 4.85. The van der Waals surface area contributed by atoms with Crippen molar-refractivity contribution in [3.63, 3.8) is 0 Å². The Labute approximate surface area is 113 Å². The van der Waals surface area contributed by atoms with E-state index in [1.807, 2.05) is 6.07 Å². The molecule has 98 valence electrons. The molecule has 0 aromatic carbocycles. The number of ether oxygens (including phenoxy) is 1. The van der Waals surface area contributed by atoms with Crippen LogP contribution in [0.5, 0.6) is 0 Å². The molecule has 19 heavy (non-hydrogen) atoms. The minimum absolute atomic E-state index is 0.0913. The maximum absolute atomic E-state index is 11.9. The summed E-state index contributed by atoms with van der Waals surface area (Å²) in [4.78, 5) is 23.3. The lowest BCUT2D eigenvalue weighted by molar-refractivity contribution is -0.137. The molecule has 2 heterocycles. The summed E-state index contributed by atoms with van der Waals surface area (Å²) < 4.78 is 16.3. The molecule has 7 heteroatoms. The Balaban J connectivity index is 2.22. The Morgan fingerprint density at radius 2 is 2.11 bits per heavy atom. The Morgan fingerprint density at radius 1 is 1.26 bits per heavy atom. The highest BCUT2D eigenvalue weighted by Gasteiger charge is 2.20. The third-order valence-corrected chi connectivity index (χ3v) is 3.34. The van der Waals surface area contributed by atoms with Gasteiger partial charge < -0.3 is 9.29 Å². The normalized spacial score (nSPS) is 11.9. The lowest BCUT2D eigenvalue weighted by Gasteiger charge is -2.07. The Morgan fingerprint density at radius 3 is 2.79 bits per heavy atom. The van der Waals surface area contributed by atoms with Crippen molar-refractivity contribution >= 4 is 17.1 Å². The second kappa shape index (κ2) is 6.26. The number of aromatic nitrogens is 3. The smallest absolute Gasteiger partial charge is 0.356 e. The van der Waals surface area contributed by atoms with Gasteiger partial charge in [-0.2, -0.15) is 9.97 Å². The number of hydrogen-bond acceptors (Lipinski definition) is 6. The zero-order valence-corrected chi connectivity index (χ0v) is 11.0. The molecule has 0 saturated carbocycles. The molecule has 0 fully saturated rings. The summed E-state index contributed by atoms with van der Waals surface area (Å²) in [6.45, 7) is 0. The molecule has 0 aliphatic carbocycles. The highest BCUT2D eigenvalue weighted by atomic mass is 32.2. The molecule has 2 rings (SSSR count). The van der Waals surface area contributed by atoms with E-state index in [1.54, 1.807) is 24.4 Å². The molecule has 0 saturated heterocycles. The molecule has 0 amide bonds. The molecular formula is C12H11N3O3S. The van der Waals surface area contributed by atoms with Crippen molar-refractivity contribution in [3.05, 3.63) is 36.7 Å². The van der Waals surface area contributed by atoms with E-state index >= 15 is 0 Å². The number of pyridine rings is 1. The largest absolute Gasteiger partial charge is 0.608 e. The van der Waals surface area contributed by atoms with Crippen molar-refractivity contribution in [2.75, 3.05) is 12.9 Å². The molecule has 2 aromatic rings. The average Bonchev–Trinajstić information content (AvgIpc) is 2.48. The van der Waals surface area contributed by atoms with E-state index in [9.17, 15) is 9.35 Å². The highest BCUT2D eigenvalue weighted by molar-refractivity contribution is 7.91. The van der Waals surface area contributed by atoms with Gasteiger partial charge in [0, 0.05) is 23.6 Å². The highest BCUT2D eigenvalue weighted by Crippen LogP contribution is 2.15. The molecule has 1 atom stereocenters. The molecular weight excluding hydrogens is 266 g/mol. The van der Waals surface area contributed by atoms with Crippen molar-refractivity contribution in [2.45, 2.75) is 5.16 Å². The van der Waals surface area contributed by atoms with Crippen LogP contribution in [0.15, 0.2) is 41.8 Å². The maximum Gasteiger partial charge on any atom is 0.356 e. The number of nitrogens with zero attached hydrogens (tertiary/aromatic N) is 3. The van der Waals surface area contributed by atoms with E-state index in [-0.39, 0.29) is 10.9 Å². The van der Waals surface area contributed by atoms with E-state index in [0.717, 1.165) is 0 Å². The van der Waals surface area contributed by atoms with Crippen LogP contribution in [0.3, 0.4) is 0 Å². The SMILES string of the molecule is COC(=O)C[S+]([O-])c1nccc(-c2ccccn2)n1. The molecule has 1 unspecified atom stereocenters. The first-order valence-corrected chi connectivity index (χ1v) is 6.72. The number of esters is 1. The van der Waals surface area contributed by atoms with Gasteiger partial charge in [0.2, 0.25) is 5.75 Å². The van der Waals surface area contributed by atoms with E-state index in [1.165, 1.54) is 13.3 Å². The first-order chi connectivity index (χ1) is 9.20. The predicted octanol–water partition coefficient (Wildman–Crippen LogP) is 0.819. The van der Waals surface area contributed by atoms with Gasteiger partial charge in [-0.3, -0.25) is 4.98 Å². The number of hydrogen-bond donors (Lipinski definition) is 0. The van der Waals surface area contributed by atoms with Crippen molar-refractivity contribution in [2.24, 2.45) is 0 Å². The van der Waals surface area contributed by atoms with Crippen LogP contribution in [-0.4, -0.2) is 38.3 Å². The Kier molecular flexibility index (Phi) is 4.43. The number of carbonyl (C=O) groups is 1. The minimum Gasteiger partial charge on any atom is -0.608 e. The zero-order chi connectivity index (χ0) is 13.7. The van der Waals surface area contributed by atoms with Gasteiger partial charge >= 0.3 is 11.1 Å². The second-order valence-electron chi connectivity index (χ2n) is 3.51. The molecule has 0 spiro atoms. The van der Waals surface area contributed by atoms with E-state index < -0.39 is 17.1 Å². The Hall–Kier alpha value is -1.99. The van der Waals surface area contributed by atoms with Crippen molar-refractivity contribution < 1.29 is 14.1 Å². The zero-order valence-electron chi connectivity index (χ0n) is 10.1. The molecule has 6 nitrogen and oxygen atoms in total. The first-order valence-electron chi connectivity index (χ1n) is 5.40. The summed E-state index contributed by atoms with van der Waals surface area (Å²) >= 11 is -1.62. The van der Waals surface area contributed by atoms with Gasteiger partial charge in [-0.1, -0.05) is 6.07 Å². The first kappa shape index (κ1) is 13.4. The monoisotopic (exact) mass is 277 g/mol. The van der Waals surface area contributed by atoms with Gasteiger partial charge in [-0.25, -0.2) is 4.79 Å². The summed E-state index contributed by atoms with van der Waals surface area (Å²) in [6, 6.07) is 7.08. The fourth-order valence-corrected chi connectivity index (χ4v) is 2.18.